The van der Waals surface area contributed by atoms with Crippen LogP contribution in [0.15, 0.2) is 30.9 Å². The second-order valence-electron chi connectivity index (χ2n) is 6.32. The van der Waals surface area contributed by atoms with Gasteiger partial charge in [0.15, 0.2) is 0 Å². The molecule has 2 N–H and O–H groups in total. The van der Waals surface area contributed by atoms with Crippen molar-refractivity contribution < 1.29 is 10.2 Å². The van der Waals surface area contributed by atoms with Gasteiger partial charge in [-0.2, -0.15) is 0 Å². The first-order valence-corrected chi connectivity index (χ1v) is 8.04. The third-order valence-corrected chi connectivity index (χ3v) is 5.57. The van der Waals surface area contributed by atoms with E-state index in [-0.39, 0.29) is 11.5 Å². The molecule has 0 aromatic heterocycles. The summed E-state index contributed by atoms with van der Waals surface area (Å²) in [5.74, 6) is 0.327. The average Bonchev–Trinajstić information content (AvgIpc) is 2.39. The standard InChI is InChI=1S/C9H15Br.C9H10O2/c1-7-4-5-8(10)9(2,3)6-7;1-3-7-5-8(10)6(2)4-9(7)11/h8H,1,4-6H2,2-3H3;3-5,10-11H,1H2,2H3. The highest BCUT2D eigenvalue weighted by Crippen LogP contribution is 2.41. The molecule has 0 aliphatic heterocycles. The van der Waals surface area contributed by atoms with Gasteiger partial charge in [-0.05, 0) is 49.3 Å². The second kappa shape index (κ2) is 7.17. The highest BCUT2D eigenvalue weighted by Gasteiger charge is 2.31. The Morgan fingerprint density at radius 2 is 1.90 bits per heavy atom. The third-order valence-electron chi connectivity index (χ3n) is 3.87. The van der Waals surface area contributed by atoms with Crippen molar-refractivity contribution in [1.29, 1.82) is 0 Å². The minimum Gasteiger partial charge on any atom is -0.508 e. The van der Waals surface area contributed by atoms with Gasteiger partial charge in [0, 0.05) is 10.4 Å². The number of benzene rings is 1. The molecule has 0 bridgehead atoms. The number of aromatic hydroxyl groups is 2. The zero-order chi connectivity index (χ0) is 16.2. The summed E-state index contributed by atoms with van der Waals surface area (Å²) in [4.78, 5) is 0.686. The van der Waals surface area contributed by atoms with Crippen LogP contribution in [0.5, 0.6) is 11.5 Å². The largest absolute Gasteiger partial charge is 0.508 e. The molecule has 0 radical (unpaired) electrons. The summed E-state index contributed by atoms with van der Waals surface area (Å²) in [6, 6.07) is 2.99. The van der Waals surface area contributed by atoms with E-state index >= 15 is 0 Å². The predicted octanol–water partition coefficient (Wildman–Crippen LogP) is 5.57. The van der Waals surface area contributed by atoms with Crippen molar-refractivity contribution >= 4 is 22.0 Å². The molecule has 21 heavy (non-hydrogen) atoms. The van der Waals surface area contributed by atoms with Gasteiger partial charge in [0.05, 0.1) is 0 Å². The van der Waals surface area contributed by atoms with E-state index in [4.69, 9.17) is 0 Å². The molecule has 116 valence electrons. The summed E-state index contributed by atoms with van der Waals surface area (Å²) in [7, 11) is 0. The highest BCUT2D eigenvalue weighted by molar-refractivity contribution is 9.09. The molecule has 2 rings (SSSR count). The quantitative estimate of drug-likeness (QED) is 0.394. The van der Waals surface area contributed by atoms with Crippen LogP contribution < -0.4 is 0 Å². The topological polar surface area (TPSA) is 40.5 Å². The lowest BCUT2D eigenvalue weighted by Gasteiger charge is -2.36. The zero-order valence-electron chi connectivity index (χ0n) is 13.1. The maximum atomic E-state index is 9.23. The summed E-state index contributed by atoms with van der Waals surface area (Å²) in [5, 5.41) is 18.4. The van der Waals surface area contributed by atoms with Crippen LogP contribution in [0.1, 0.15) is 44.2 Å². The Hall–Kier alpha value is -1.22. The van der Waals surface area contributed by atoms with Gasteiger partial charge < -0.3 is 10.2 Å². The van der Waals surface area contributed by atoms with Crippen molar-refractivity contribution in [1.82, 2.24) is 0 Å². The van der Waals surface area contributed by atoms with Crippen molar-refractivity contribution in [3.05, 3.63) is 42.0 Å². The molecule has 1 unspecified atom stereocenters. The van der Waals surface area contributed by atoms with Crippen LogP contribution in [-0.2, 0) is 0 Å². The molecule has 2 nitrogen and oxygen atoms in total. The summed E-state index contributed by atoms with van der Waals surface area (Å²) >= 11 is 3.70. The Kier molecular flexibility index (Phi) is 6.09. The fraction of sp³-hybridized carbons (Fsp3) is 0.444. The van der Waals surface area contributed by atoms with Crippen molar-refractivity contribution in [2.75, 3.05) is 0 Å². The molecule has 1 aromatic carbocycles. The van der Waals surface area contributed by atoms with E-state index in [2.05, 4.69) is 42.9 Å². The maximum Gasteiger partial charge on any atom is 0.123 e. The fourth-order valence-electron chi connectivity index (χ4n) is 2.43. The van der Waals surface area contributed by atoms with Gasteiger partial charge in [0.1, 0.15) is 11.5 Å². The lowest BCUT2D eigenvalue weighted by molar-refractivity contribution is 0.307. The molecule has 1 aliphatic carbocycles. The van der Waals surface area contributed by atoms with E-state index in [0.717, 1.165) is 0 Å². The summed E-state index contributed by atoms with van der Waals surface area (Å²) in [6.45, 7) is 13.8. The second-order valence-corrected chi connectivity index (χ2v) is 7.43. The molecule has 3 heteroatoms. The molecule has 0 spiro atoms. The van der Waals surface area contributed by atoms with Crippen LogP contribution in [0.25, 0.3) is 6.08 Å². The Morgan fingerprint density at radius 3 is 2.38 bits per heavy atom. The average molecular weight is 353 g/mol. The lowest BCUT2D eigenvalue weighted by Crippen LogP contribution is -2.28. The smallest absolute Gasteiger partial charge is 0.123 e. The predicted molar refractivity (Wildman–Crippen MR) is 94.1 cm³/mol. The van der Waals surface area contributed by atoms with Crippen LogP contribution in [0.3, 0.4) is 0 Å². The molecule has 1 fully saturated rings. The van der Waals surface area contributed by atoms with E-state index < -0.39 is 0 Å². The minimum absolute atomic E-state index is 0.148. The van der Waals surface area contributed by atoms with Gasteiger partial charge in [-0.25, -0.2) is 0 Å². The van der Waals surface area contributed by atoms with Crippen molar-refractivity contribution in [2.24, 2.45) is 5.41 Å². The minimum atomic E-state index is 0.148. The number of hydrogen-bond donors (Lipinski definition) is 2. The number of alkyl halides is 1. The Bertz CT molecular complexity index is 532. The maximum absolute atomic E-state index is 9.23. The highest BCUT2D eigenvalue weighted by atomic mass is 79.9. The van der Waals surface area contributed by atoms with Gasteiger partial charge in [-0.3, -0.25) is 0 Å². The number of phenols is 2. The van der Waals surface area contributed by atoms with Crippen LogP contribution in [0.4, 0.5) is 0 Å². The molecule has 0 amide bonds. The number of phenolic OH excluding ortho intramolecular Hbond substituents is 2. The number of allylic oxidation sites excluding steroid dienone is 1. The fourth-order valence-corrected chi connectivity index (χ4v) is 2.82. The van der Waals surface area contributed by atoms with Crippen LogP contribution in [0.2, 0.25) is 0 Å². The summed E-state index contributed by atoms with van der Waals surface area (Å²) < 4.78 is 0. The number of rotatable bonds is 1. The SMILES string of the molecule is C=C1CCC(Br)C(C)(C)C1.C=Cc1cc(O)c(C)cc1O. The van der Waals surface area contributed by atoms with Crippen LogP contribution in [-0.4, -0.2) is 15.0 Å². The Morgan fingerprint density at radius 1 is 1.29 bits per heavy atom. The molecule has 1 aromatic rings. The summed E-state index contributed by atoms with van der Waals surface area (Å²) in [6.07, 6.45) is 5.14. The van der Waals surface area contributed by atoms with Crippen molar-refractivity contribution in [3.8, 4) is 11.5 Å². The van der Waals surface area contributed by atoms with Gasteiger partial charge in [0.25, 0.3) is 0 Å². The first-order chi connectivity index (χ1) is 9.67. The van der Waals surface area contributed by atoms with E-state index in [1.165, 1.54) is 43.0 Å². The van der Waals surface area contributed by atoms with Crippen LogP contribution in [0, 0.1) is 12.3 Å². The number of hydrogen-bond acceptors (Lipinski definition) is 2. The molecular weight excluding hydrogens is 328 g/mol. The van der Waals surface area contributed by atoms with Crippen LogP contribution >= 0.6 is 15.9 Å². The van der Waals surface area contributed by atoms with Gasteiger partial charge >= 0.3 is 0 Å². The van der Waals surface area contributed by atoms with E-state index in [0.29, 0.717) is 21.4 Å². The van der Waals surface area contributed by atoms with Gasteiger partial charge in [-0.1, -0.05) is 54.6 Å². The first-order valence-electron chi connectivity index (χ1n) is 7.13. The van der Waals surface area contributed by atoms with Gasteiger partial charge in [0.2, 0.25) is 0 Å². The third kappa shape index (κ3) is 4.92. The molecule has 0 saturated heterocycles. The Labute approximate surface area is 136 Å². The molecule has 1 aliphatic rings. The van der Waals surface area contributed by atoms with Crippen molar-refractivity contribution in [3.63, 3.8) is 0 Å². The Balaban J connectivity index is 0.000000211. The van der Waals surface area contributed by atoms with Crippen molar-refractivity contribution in [2.45, 2.75) is 44.9 Å². The summed E-state index contributed by atoms with van der Waals surface area (Å²) in [5.41, 5.74) is 3.05. The first kappa shape index (κ1) is 17.8. The van der Waals surface area contributed by atoms with E-state index in [9.17, 15) is 10.2 Å². The number of halogens is 1. The molecule has 1 saturated carbocycles. The zero-order valence-corrected chi connectivity index (χ0v) is 14.7. The molecular formula is C18H25BrO2. The van der Waals surface area contributed by atoms with Gasteiger partial charge in [-0.15, -0.1) is 0 Å². The lowest BCUT2D eigenvalue weighted by atomic mass is 9.75. The molecule has 1 atom stereocenters. The molecule has 0 heterocycles. The monoisotopic (exact) mass is 352 g/mol. The normalized spacial score (nSPS) is 20.4. The van der Waals surface area contributed by atoms with E-state index in [1.807, 2.05) is 0 Å². The van der Waals surface area contributed by atoms with E-state index in [1.54, 1.807) is 6.92 Å². The number of aryl methyl sites for hydroxylation is 1.